The Hall–Kier alpha value is -7.11. The highest BCUT2D eigenvalue weighted by atomic mass is 16.5. The molecule has 5 nitrogen and oxygen atoms in total. The highest BCUT2D eigenvalue weighted by Gasteiger charge is 2.38. The first-order chi connectivity index (χ1) is 33.6. The molecule has 0 atom stereocenters. The van der Waals surface area contributed by atoms with Crippen LogP contribution in [-0.4, -0.2) is 16.2 Å². The van der Waals surface area contributed by atoms with Gasteiger partial charge in [0.2, 0.25) is 0 Å². The van der Waals surface area contributed by atoms with Crippen LogP contribution in [0.5, 0.6) is 11.5 Å². The van der Waals surface area contributed by atoms with Gasteiger partial charge in [0.05, 0.1) is 22.4 Å². The zero-order valence-corrected chi connectivity index (χ0v) is 44.1. The molecule has 360 valence electrons. The third-order valence-corrected chi connectivity index (χ3v) is 15.2. The molecule has 0 spiro atoms. The smallest absolute Gasteiger partial charge is 0.137 e. The molecule has 0 saturated carbocycles. The first kappa shape index (κ1) is 47.6. The normalized spacial score (nSPS) is 13.6. The molecule has 0 amide bonds. The van der Waals surface area contributed by atoms with Gasteiger partial charge in [0.1, 0.15) is 24.0 Å². The van der Waals surface area contributed by atoms with E-state index in [9.17, 15) is 0 Å². The van der Waals surface area contributed by atoms with Crippen molar-refractivity contribution in [1.29, 1.82) is 0 Å². The van der Waals surface area contributed by atoms with Crippen molar-refractivity contribution in [3.63, 3.8) is 0 Å². The van der Waals surface area contributed by atoms with E-state index >= 15 is 0 Å². The van der Waals surface area contributed by atoms with Crippen LogP contribution in [0.25, 0.3) is 27.6 Å². The van der Waals surface area contributed by atoms with E-state index in [0.717, 1.165) is 34.0 Å². The molecule has 0 saturated heterocycles. The van der Waals surface area contributed by atoms with Crippen LogP contribution < -0.4 is 14.5 Å². The van der Waals surface area contributed by atoms with Gasteiger partial charge < -0.3 is 14.5 Å². The van der Waals surface area contributed by atoms with E-state index in [1.807, 2.05) is 6.20 Å². The maximum atomic E-state index is 6.96. The first-order valence-electron chi connectivity index (χ1n) is 25.4. The van der Waals surface area contributed by atoms with E-state index < -0.39 is 0 Å². The van der Waals surface area contributed by atoms with Gasteiger partial charge in [0, 0.05) is 51.3 Å². The van der Waals surface area contributed by atoms with Gasteiger partial charge in [-0.05, 0) is 128 Å². The lowest BCUT2D eigenvalue weighted by atomic mass is 9.68. The third kappa shape index (κ3) is 8.79. The van der Waals surface area contributed by atoms with Gasteiger partial charge in [0.15, 0.2) is 0 Å². The lowest BCUT2D eigenvalue weighted by Crippen LogP contribution is -2.28. The predicted octanol–water partition coefficient (Wildman–Crippen LogP) is 17.8. The van der Waals surface area contributed by atoms with E-state index in [1.165, 1.54) is 66.8 Å². The summed E-state index contributed by atoms with van der Waals surface area (Å²) in [6, 6.07) is 62.5. The number of rotatable bonds is 9. The molecule has 0 unspecified atom stereocenters. The van der Waals surface area contributed by atoms with Crippen molar-refractivity contribution in [2.45, 2.75) is 117 Å². The van der Waals surface area contributed by atoms with Crippen molar-refractivity contribution in [3.8, 4) is 17.3 Å². The van der Waals surface area contributed by atoms with E-state index in [2.05, 4.69) is 274 Å². The number of ether oxygens (including phenoxy) is 1. The zero-order chi connectivity index (χ0) is 50.3. The van der Waals surface area contributed by atoms with Crippen LogP contribution in [0.1, 0.15) is 129 Å². The summed E-state index contributed by atoms with van der Waals surface area (Å²) in [5, 5.41) is 2.38. The van der Waals surface area contributed by atoms with Crippen LogP contribution in [0.3, 0.4) is 0 Å². The molecule has 0 radical (unpaired) electrons. The Morgan fingerprint density at radius 2 is 0.901 bits per heavy atom. The lowest BCUT2D eigenvalue weighted by Gasteiger charge is -2.36. The van der Waals surface area contributed by atoms with Crippen LogP contribution >= 0.6 is 0 Å². The molecule has 0 aliphatic carbocycles. The Kier molecular flexibility index (Phi) is 11.6. The van der Waals surface area contributed by atoms with Crippen molar-refractivity contribution in [1.82, 2.24) is 9.55 Å². The highest BCUT2D eigenvalue weighted by Crippen LogP contribution is 2.52. The fraction of sp³-hybridized carbons (Fsp3) is 0.288. The molecular formula is C66H70N4O. The maximum Gasteiger partial charge on any atom is 0.137 e. The Labute approximate surface area is 422 Å². The minimum Gasteiger partial charge on any atom is -0.457 e. The highest BCUT2D eigenvalue weighted by molar-refractivity contribution is 6.10. The summed E-state index contributed by atoms with van der Waals surface area (Å²) < 4.78 is 9.26. The summed E-state index contributed by atoms with van der Waals surface area (Å²) >= 11 is 0. The molecule has 2 aromatic heterocycles. The Balaban J connectivity index is 1.11. The average molecular weight is 935 g/mol. The summed E-state index contributed by atoms with van der Waals surface area (Å²) in [5.74, 6) is 2.44. The second kappa shape index (κ2) is 17.3. The second-order valence-electron chi connectivity index (χ2n) is 23.9. The molecular weight excluding hydrogens is 865 g/mol. The minimum atomic E-state index is -0.313. The molecule has 0 N–H and O–H groups in total. The molecule has 5 heteroatoms. The quantitative estimate of drug-likeness (QED) is 0.144. The van der Waals surface area contributed by atoms with E-state index in [-0.39, 0.29) is 27.1 Å². The summed E-state index contributed by atoms with van der Waals surface area (Å²) in [5.41, 5.74) is 15.2. The summed E-state index contributed by atoms with van der Waals surface area (Å²) in [7, 11) is 0. The molecule has 1 aliphatic heterocycles. The van der Waals surface area contributed by atoms with Gasteiger partial charge >= 0.3 is 0 Å². The van der Waals surface area contributed by atoms with Crippen LogP contribution in [0, 0.1) is 0 Å². The van der Waals surface area contributed by atoms with E-state index in [1.54, 1.807) is 0 Å². The number of hydrogen-bond acceptors (Lipinski definition) is 4. The Bertz CT molecular complexity index is 3430. The topological polar surface area (TPSA) is 33.5 Å². The molecule has 0 fully saturated rings. The molecule has 9 aromatic rings. The van der Waals surface area contributed by atoms with Crippen molar-refractivity contribution in [2.24, 2.45) is 0 Å². The molecule has 1 aliphatic rings. The fourth-order valence-corrected chi connectivity index (χ4v) is 10.6. The molecule has 71 heavy (non-hydrogen) atoms. The van der Waals surface area contributed by atoms with E-state index in [4.69, 9.17) is 9.72 Å². The van der Waals surface area contributed by atoms with Crippen molar-refractivity contribution < 1.29 is 4.74 Å². The van der Waals surface area contributed by atoms with Crippen LogP contribution in [0.15, 0.2) is 176 Å². The van der Waals surface area contributed by atoms with E-state index in [0.29, 0.717) is 6.67 Å². The van der Waals surface area contributed by atoms with Crippen LogP contribution in [-0.2, 0) is 27.1 Å². The van der Waals surface area contributed by atoms with Crippen molar-refractivity contribution >= 4 is 44.6 Å². The molecule has 7 aromatic carbocycles. The van der Waals surface area contributed by atoms with Crippen LogP contribution in [0.2, 0.25) is 0 Å². The summed E-state index contributed by atoms with van der Waals surface area (Å²) in [6.07, 6.45) is 1.94. The number of fused-ring (bicyclic) bond motifs is 4. The Morgan fingerprint density at radius 3 is 1.48 bits per heavy atom. The summed E-state index contributed by atoms with van der Waals surface area (Å²) in [4.78, 5) is 9.96. The number of pyridine rings is 1. The maximum absolute atomic E-state index is 6.96. The number of benzene rings is 7. The van der Waals surface area contributed by atoms with Crippen molar-refractivity contribution in [3.05, 3.63) is 215 Å². The van der Waals surface area contributed by atoms with Crippen molar-refractivity contribution in [2.75, 3.05) is 16.5 Å². The van der Waals surface area contributed by atoms with Gasteiger partial charge in [-0.15, -0.1) is 0 Å². The molecule has 0 bridgehead atoms. The fourth-order valence-electron chi connectivity index (χ4n) is 10.6. The summed E-state index contributed by atoms with van der Waals surface area (Å²) in [6.45, 7) is 30.6. The number of nitrogens with zero attached hydrogens (tertiary/aromatic N) is 4. The Morgan fingerprint density at radius 1 is 0.394 bits per heavy atom. The monoisotopic (exact) mass is 935 g/mol. The first-order valence-corrected chi connectivity index (χ1v) is 25.4. The molecule has 3 heterocycles. The van der Waals surface area contributed by atoms with Crippen LogP contribution in [0.4, 0.5) is 22.7 Å². The van der Waals surface area contributed by atoms with Gasteiger partial charge in [0.25, 0.3) is 0 Å². The number of anilines is 4. The number of aromatic nitrogens is 2. The third-order valence-electron chi connectivity index (χ3n) is 15.2. The van der Waals surface area contributed by atoms with Gasteiger partial charge in [-0.1, -0.05) is 175 Å². The molecule has 10 rings (SSSR count). The number of hydrogen-bond donors (Lipinski definition) is 0. The standard InChI is InChI=1S/C66H70N4O/c1-62(2,3)46-26-20-27-49(36-46)68-43-69(60-42-56(66(12,13)45-24-18-15-19-25-45)55(41-59(60)68)65(10,11)44-22-16-14-17-23-44)50-28-21-29-51(39-50)71-52-31-32-53-54-37-47(63(4,5)6)30-33-57(54)70(58(53)40-52)61-38-48(34-35-67-61)64(7,8)9/h14-42H,43H2,1-13H3. The van der Waals surface area contributed by atoms with Gasteiger partial charge in [-0.3, -0.25) is 4.57 Å². The minimum absolute atomic E-state index is 0.00510. The predicted molar refractivity (Wildman–Crippen MR) is 300 cm³/mol. The lowest BCUT2D eigenvalue weighted by molar-refractivity contribution is 0.483. The SMILES string of the molecule is CC(C)(C)c1cccc(N2CN(c3cccc(Oc4ccc5c6cc(C(C)(C)C)ccc6n(-c6cc(C(C)(C)C)ccn6)c5c4)c3)c3cc(C(C)(C)c4ccccc4)c(C(C)(C)c4ccccc4)cc32)c1. The van der Waals surface area contributed by atoms with Gasteiger partial charge in [-0.25, -0.2) is 4.98 Å². The average Bonchev–Trinajstić information content (AvgIpc) is 3.89. The second-order valence-corrected chi connectivity index (χ2v) is 23.9. The largest absolute Gasteiger partial charge is 0.457 e. The van der Waals surface area contributed by atoms with Gasteiger partial charge in [-0.2, -0.15) is 0 Å². The zero-order valence-electron chi connectivity index (χ0n) is 44.1.